The molecule has 0 aromatic carbocycles. The van der Waals surface area contributed by atoms with Crippen LogP contribution in [0.1, 0.15) is 23.5 Å². The lowest BCUT2D eigenvalue weighted by Crippen LogP contribution is -2.41. The van der Waals surface area contributed by atoms with Crippen molar-refractivity contribution < 1.29 is 4.79 Å². The number of imidazole rings is 1. The van der Waals surface area contributed by atoms with Crippen LogP contribution in [-0.4, -0.2) is 31.3 Å². The molecule has 0 bridgehead atoms. The number of rotatable bonds is 3. The number of aromatic nitrogens is 4. The fourth-order valence-electron chi connectivity index (χ4n) is 2.73. The minimum Gasteiger partial charge on any atom is -0.351 e. The van der Waals surface area contributed by atoms with Crippen molar-refractivity contribution in [1.82, 2.24) is 24.6 Å². The summed E-state index contributed by atoms with van der Waals surface area (Å²) in [4.78, 5) is 16.5. The third kappa shape index (κ3) is 2.74. The third-order valence-electron chi connectivity index (χ3n) is 3.60. The zero-order valence-electron chi connectivity index (χ0n) is 11.8. The van der Waals surface area contributed by atoms with Crippen molar-refractivity contribution in [3.05, 3.63) is 35.7 Å². The first-order valence-corrected chi connectivity index (χ1v) is 6.89. The van der Waals surface area contributed by atoms with E-state index in [1.54, 1.807) is 10.9 Å². The fourth-order valence-corrected chi connectivity index (χ4v) is 2.73. The first-order valence-electron chi connectivity index (χ1n) is 6.89. The van der Waals surface area contributed by atoms with E-state index in [0.29, 0.717) is 6.42 Å². The van der Waals surface area contributed by atoms with Crippen molar-refractivity contribution >= 4 is 5.91 Å². The molecule has 3 heterocycles. The second-order valence-electron chi connectivity index (χ2n) is 5.45. The van der Waals surface area contributed by atoms with Crippen molar-refractivity contribution in [2.24, 2.45) is 7.05 Å². The smallest absolute Gasteiger partial charge is 0.224 e. The summed E-state index contributed by atoms with van der Waals surface area (Å²) in [5.41, 5.74) is 1.99. The van der Waals surface area contributed by atoms with Gasteiger partial charge in [0.25, 0.3) is 0 Å². The molecule has 1 N–H and O–H groups in total. The summed E-state index contributed by atoms with van der Waals surface area (Å²) >= 11 is 0. The van der Waals surface area contributed by atoms with Crippen molar-refractivity contribution in [2.75, 3.05) is 0 Å². The summed E-state index contributed by atoms with van der Waals surface area (Å²) in [6, 6.07) is 0.195. The Morgan fingerprint density at radius 1 is 1.50 bits per heavy atom. The summed E-state index contributed by atoms with van der Waals surface area (Å²) in [7, 11) is 1.85. The van der Waals surface area contributed by atoms with Gasteiger partial charge in [-0.2, -0.15) is 5.10 Å². The van der Waals surface area contributed by atoms with Gasteiger partial charge in [0, 0.05) is 38.4 Å². The summed E-state index contributed by atoms with van der Waals surface area (Å²) in [6.07, 6.45) is 7.92. The molecule has 1 atom stereocenters. The van der Waals surface area contributed by atoms with Crippen molar-refractivity contribution in [2.45, 2.75) is 38.8 Å². The van der Waals surface area contributed by atoms with E-state index in [0.717, 1.165) is 36.5 Å². The maximum Gasteiger partial charge on any atom is 0.224 e. The van der Waals surface area contributed by atoms with Gasteiger partial charge in [0.15, 0.2) is 0 Å². The predicted octanol–water partition coefficient (Wildman–Crippen LogP) is 0.599. The predicted molar refractivity (Wildman–Crippen MR) is 74.1 cm³/mol. The van der Waals surface area contributed by atoms with Gasteiger partial charge in [-0.15, -0.1) is 0 Å². The van der Waals surface area contributed by atoms with E-state index in [1.807, 2.05) is 20.2 Å². The van der Waals surface area contributed by atoms with Crippen LogP contribution in [-0.2, 0) is 31.2 Å². The highest BCUT2D eigenvalue weighted by Gasteiger charge is 2.21. The molecule has 1 aliphatic heterocycles. The molecule has 0 spiro atoms. The molecule has 6 nitrogen and oxygen atoms in total. The Morgan fingerprint density at radius 3 is 3.10 bits per heavy atom. The Hall–Kier alpha value is -2.11. The molecule has 0 fully saturated rings. The molecule has 0 aliphatic carbocycles. The Bertz CT molecular complexity index is 627. The first kappa shape index (κ1) is 12.9. The summed E-state index contributed by atoms with van der Waals surface area (Å²) in [6.45, 7) is 2.82. The van der Waals surface area contributed by atoms with Gasteiger partial charge in [0.1, 0.15) is 5.82 Å². The largest absolute Gasteiger partial charge is 0.351 e. The number of nitrogens with one attached hydrogen (secondary N) is 1. The van der Waals surface area contributed by atoms with Crippen LogP contribution < -0.4 is 5.32 Å². The molecule has 1 amide bonds. The van der Waals surface area contributed by atoms with Crippen LogP contribution in [0.4, 0.5) is 0 Å². The van der Waals surface area contributed by atoms with Gasteiger partial charge >= 0.3 is 0 Å². The molecule has 106 valence electrons. The molecule has 6 heteroatoms. The van der Waals surface area contributed by atoms with E-state index < -0.39 is 0 Å². The molecule has 0 saturated carbocycles. The summed E-state index contributed by atoms with van der Waals surface area (Å²) < 4.78 is 3.86. The quantitative estimate of drug-likeness (QED) is 0.890. The second kappa shape index (κ2) is 5.11. The molecule has 1 unspecified atom stereocenters. The van der Waals surface area contributed by atoms with Gasteiger partial charge in [-0.1, -0.05) is 0 Å². The van der Waals surface area contributed by atoms with E-state index in [2.05, 4.69) is 26.2 Å². The van der Waals surface area contributed by atoms with Gasteiger partial charge in [-0.3, -0.25) is 9.48 Å². The van der Waals surface area contributed by atoms with Crippen LogP contribution >= 0.6 is 0 Å². The normalized spacial score (nSPS) is 17.8. The number of amides is 1. The number of carbonyl (C=O) groups excluding carboxylic acids is 1. The van der Waals surface area contributed by atoms with E-state index in [4.69, 9.17) is 0 Å². The lowest BCUT2D eigenvalue weighted by atomic mass is 10.1. The Morgan fingerprint density at radius 2 is 2.35 bits per heavy atom. The van der Waals surface area contributed by atoms with Crippen molar-refractivity contribution in [1.29, 1.82) is 0 Å². The van der Waals surface area contributed by atoms with E-state index in [-0.39, 0.29) is 11.9 Å². The molecule has 0 radical (unpaired) electrons. The molecule has 20 heavy (non-hydrogen) atoms. The minimum absolute atomic E-state index is 0.0586. The Kier molecular flexibility index (Phi) is 3.30. The average molecular weight is 273 g/mol. The Labute approximate surface area is 117 Å². The number of aryl methyl sites for hydroxylation is 3. The molecule has 2 aromatic rings. The lowest BCUT2D eigenvalue weighted by molar-refractivity contribution is -0.121. The van der Waals surface area contributed by atoms with Crippen LogP contribution in [0.15, 0.2) is 18.6 Å². The number of nitrogens with zero attached hydrogens (tertiary/aromatic N) is 4. The molecule has 1 aliphatic rings. The zero-order valence-corrected chi connectivity index (χ0v) is 11.8. The molecule has 2 aromatic heterocycles. The lowest BCUT2D eigenvalue weighted by Gasteiger charge is -2.24. The fraction of sp³-hybridized carbons (Fsp3) is 0.500. The van der Waals surface area contributed by atoms with Crippen LogP contribution in [0.25, 0.3) is 0 Å². The van der Waals surface area contributed by atoms with Gasteiger partial charge in [-0.25, -0.2) is 4.98 Å². The highest BCUT2D eigenvalue weighted by molar-refractivity contribution is 5.78. The SMILES string of the molecule is Cc1cn2c(n1)CCC(NC(=O)Cc1cnn(C)c1)C2. The third-order valence-corrected chi connectivity index (χ3v) is 3.60. The van der Waals surface area contributed by atoms with Crippen LogP contribution in [0.2, 0.25) is 0 Å². The Balaban J connectivity index is 1.57. The number of hydrogen-bond donors (Lipinski definition) is 1. The van der Waals surface area contributed by atoms with E-state index in [9.17, 15) is 4.79 Å². The molecule has 0 saturated heterocycles. The topological polar surface area (TPSA) is 64.7 Å². The highest BCUT2D eigenvalue weighted by Crippen LogP contribution is 2.15. The first-order chi connectivity index (χ1) is 9.60. The van der Waals surface area contributed by atoms with Crippen molar-refractivity contribution in [3.8, 4) is 0 Å². The van der Waals surface area contributed by atoms with Crippen LogP contribution in [0.5, 0.6) is 0 Å². The average Bonchev–Trinajstić information content (AvgIpc) is 2.93. The maximum absolute atomic E-state index is 12.0. The maximum atomic E-state index is 12.0. The van der Waals surface area contributed by atoms with E-state index in [1.165, 1.54) is 0 Å². The summed E-state index contributed by atoms with van der Waals surface area (Å²) in [5.74, 6) is 1.18. The highest BCUT2D eigenvalue weighted by atomic mass is 16.1. The molecular formula is C14H19N5O. The van der Waals surface area contributed by atoms with Gasteiger partial charge < -0.3 is 9.88 Å². The van der Waals surface area contributed by atoms with Crippen LogP contribution in [0, 0.1) is 6.92 Å². The number of fused-ring (bicyclic) bond motifs is 1. The molecule has 3 rings (SSSR count). The monoisotopic (exact) mass is 273 g/mol. The minimum atomic E-state index is 0.0586. The van der Waals surface area contributed by atoms with Gasteiger partial charge in [-0.05, 0) is 18.9 Å². The van der Waals surface area contributed by atoms with Crippen molar-refractivity contribution in [3.63, 3.8) is 0 Å². The summed E-state index contributed by atoms with van der Waals surface area (Å²) in [5, 5.41) is 7.18. The van der Waals surface area contributed by atoms with Crippen LogP contribution in [0.3, 0.4) is 0 Å². The number of carbonyl (C=O) groups is 1. The zero-order chi connectivity index (χ0) is 14.1. The van der Waals surface area contributed by atoms with Gasteiger partial charge in [0.2, 0.25) is 5.91 Å². The number of hydrogen-bond acceptors (Lipinski definition) is 3. The standard InChI is InChI=1S/C14H19N5O/c1-10-7-19-9-12(3-4-13(19)16-10)17-14(20)5-11-6-15-18(2)8-11/h6-8,12H,3-5,9H2,1-2H3,(H,17,20). The van der Waals surface area contributed by atoms with E-state index >= 15 is 0 Å². The molecular weight excluding hydrogens is 254 g/mol. The van der Waals surface area contributed by atoms with Gasteiger partial charge in [0.05, 0.1) is 18.3 Å². The second-order valence-corrected chi connectivity index (χ2v) is 5.45.